The minimum Gasteiger partial charge on any atom is -0.494 e. The topological polar surface area (TPSA) is 32.7 Å². The van der Waals surface area contributed by atoms with E-state index < -0.39 is 0 Å². The number of hydroxylamine groups is 2. The third-order valence-corrected chi connectivity index (χ3v) is 3.30. The summed E-state index contributed by atoms with van der Waals surface area (Å²) >= 11 is 0. The Morgan fingerprint density at radius 1 is 1.05 bits per heavy atom. The summed E-state index contributed by atoms with van der Waals surface area (Å²) in [5, 5.41) is 12.8. The first kappa shape index (κ1) is 14.8. The third-order valence-electron chi connectivity index (χ3n) is 3.30. The molecule has 0 unspecified atom stereocenters. The van der Waals surface area contributed by atoms with E-state index in [0.29, 0.717) is 6.54 Å². The fraction of sp³-hybridized carbons (Fsp3) is 0.412. The van der Waals surface area contributed by atoms with E-state index in [2.05, 4.69) is 31.2 Å². The molecule has 3 heteroatoms. The molecule has 2 aromatic carbocycles. The normalized spacial score (nSPS) is 11.2. The lowest BCUT2D eigenvalue weighted by atomic mass is 10.1. The summed E-state index contributed by atoms with van der Waals surface area (Å²) in [5.41, 5.74) is 1.09. The summed E-state index contributed by atoms with van der Waals surface area (Å²) in [6.07, 6.45) is 3.52. The van der Waals surface area contributed by atoms with Crippen molar-refractivity contribution in [2.75, 3.05) is 13.7 Å². The van der Waals surface area contributed by atoms with E-state index in [1.807, 2.05) is 12.1 Å². The Morgan fingerprint density at radius 3 is 2.60 bits per heavy atom. The lowest BCUT2D eigenvalue weighted by Gasteiger charge is -2.10. The van der Waals surface area contributed by atoms with E-state index in [1.54, 1.807) is 7.05 Å². The van der Waals surface area contributed by atoms with Gasteiger partial charge in [0.25, 0.3) is 0 Å². The van der Waals surface area contributed by atoms with Crippen LogP contribution >= 0.6 is 0 Å². The molecule has 0 spiro atoms. The zero-order valence-electron chi connectivity index (χ0n) is 12.3. The molecule has 2 rings (SSSR count). The molecule has 0 saturated carbocycles. The van der Waals surface area contributed by atoms with Gasteiger partial charge in [-0.2, -0.15) is 5.06 Å². The molecule has 1 N–H and O–H groups in total. The zero-order valence-corrected chi connectivity index (χ0v) is 12.3. The van der Waals surface area contributed by atoms with Crippen molar-refractivity contribution in [2.45, 2.75) is 32.7 Å². The van der Waals surface area contributed by atoms with Gasteiger partial charge in [-0.05, 0) is 41.0 Å². The maximum absolute atomic E-state index is 9.31. The van der Waals surface area contributed by atoms with Gasteiger partial charge in [0.1, 0.15) is 5.75 Å². The third kappa shape index (κ3) is 4.22. The van der Waals surface area contributed by atoms with Gasteiger partial charge in [0.2, 0.25) is 0 Å². The Morgan fingerprint density at radius 2 is 1.85 bits per heavy atom. The Balaban J connectivity index is 2.10. The summed E-state index contributed by atoms with van der Waals surface area (Å²) in [6.45, 7) is 3.49. The number of hydrogen-bond donors (Lipinski definition) is 1. The molecule has 3 nitrogen and oxygen atoms in total. The molecule has 0 aliphatic heterocycles. The summed E-state index contributed by atoms with van der Waals surface area (Å²) in [5.74, 6) is 0.920. The average molecular weight is 273 g/mol. The van der Waals surface area contributed by atoms with Crippen LogP contribution in [-0.4, -0.2) is 23.9 Å². The highest BCUT2D eigenvalue weighted by Crippen LogP contribution is 2.22. The molecule has 20 heavy (non-hydrogen) atoms. The summed E-state index contributed by atoms with van der Waals surface area (Å²) < 4.78 is 5.78. The Bertz CT molecular complexity index is 552. The lowest BCUT2D eigenvalue weighted by molar-refractivity contribution is -0.0731. The largest absolute Gasteiger partial charge is 0.494 e. The van der Waals surface area contributed by atoms with E-state index in [4.69, 9.17) is 4.74 Å². The number of hydrogen-bond acceptors (Lipinski definition) is 3. The van der Waals surface area contributed by atoms with E-state index in [0.717, 1.165) is 29.7 Å². The number of rotatable bonds is 7. The van der Waals surface area contributed by atoms with Gasteiger partial charge in [0, 0.05) is 13.6 Å². The molecule has 0 atom stereocenters. The van der Waals surface area contributed by atoms with Crippen LogP contribution in [0.3, 0.4) is 0 Å². The number of nitrogens with zero attached hydrogens (tertiary/aromatic N) is 1. The van der Waals surface area contributed by atoms with Gasteiger partial charge in [-0.3, -0.25) is 0 Å². The molecule has 0 radical (unpaired) electrons. The smallest absolute Gasteiger partial charge is 0.119 e. The van der Waals surface area contributed by atoms with E-state index in [-0.39, 0.29) is 0 Å². The van der Waals surface area contributed by atoms with Gasteiger partial charge in [-0.25, -0.2) is 0 Å². The van der Waals surface area contributed by atoms with Crippen LogP contribution in [0.2, 0.25) is 0 Å². The van der Waals surface area contributed by atoms with Gasteiger partial charge >= 0.3 is 0 Å². The number of unbranched alkanes of at least 4 members (excludes halogenated alkanes) is 2. The molecule has 0 aliphatic carbocycles. The second-order valence-corrected chi connectivity index (χ2v) is 5.21. The molecule has 0 heterocycles. The van der Waals surface area contributed by atoms with Crippen molar-refractivity contribution in [2.24, 2.45) is 0 Å². The van der Waals surface area contributed by atoms with Crippen molar-refractivity contribution < 1.29 is 9.94 Å². The van der Waals surface area contributed by atoms with Crippen molar-refractivity contribution in [3.63, 3.8) is 0 Å². The van der Waals surface area contributed by atoms with Gasteiger partial charge in [0.15, 0.2) is 0 Å². The SMILES string of the molecule is CCCCCOc1ccc2ccc(CN(C)O)cc2c1. The van der Waals surface area contributed by atoms with Crippen LogP contribution in [0.1, 0.15) is 31.7 Å². The average Bonchev–Trinajstić information content (AvgIpc) is 2.42. The quantitative estimate of drug-likeness (QED) is 0.605. The van der Waals surface area contributed by atoms with Crippen LogP contribution in [0.4, 0.5) is 0 Å². The van der Waals surface area contributed by atoms with Crippen LogP contribution in [0.5, 0.6) is 5.75 Å². The fourth-order valence-electron chi connectivity index (χ4n) is 2.27. The van der Waals surface area contributed by atoms with Crippen LogP contribution in [0.15, 0.2) is 36.4 Å². The number of benzene rings is 2. The predicted molar refractivity (Wildman–Crippen MR) is 82.2 cm³/mol. The van der Waals surface area contributed by atoms with Crippen molar-refractivity contribution in [3.8, 4) is 5.75 Å². The summed E-state index contributed by atoms with van der Waals surface area (Å²) in [4.78, 5) is 0. The van der Waals surface area contributed by atoms with Gasteiger partial charge in [0.05, 0.1) is 6.61 Å². The first-order valence-electron chi connectivity index (χ1n) is 7.24. The predicted octanol–water partition coefficient (Wildman–Crippen LogP) is 4.23. The van der Waals surface area contributed by atoms with Gasteiger partial charge in [-0.15, -0.1) is 0 Å². The van der Waals surface area contributed by atoms with Crippen molar-refractivity contribution >= 4 is 10.8 Å². The monoisotopic (exact) mass is 273 g/mol. The van der Waals surface area contributed by atoms with Gasteiger partial charge in [-0.1, -0.05) is 38.0 Å². The maximum atomic E-state index is 9.31. The molecule has 0 bridgehead atoms. The Hall–Kier alpha value is -1.58. The van der Waals surface area contributed by atoms with Crippen LogP contribution in [-0.2, 0) is 6.54 Å². The van der Waals surface area contributed by atoms with E-state index in [1.165, 1.54) is 23.3 Å². The number of fused-ring (bicyclic) bond motifs is 1. The highest BCUT2D eigenvalue weighted by Gasteiger charge is 2.01. The van der Waals surface area contributed by atoms with Gasteiger partial charge < -0.3 is 9.94 Å². The molecule has 0 saturated heterocycles. The van der Waals surface area contributed by atoms with E-state index in [9.17, 15) is 5.21 Å². The van der Waals surface area contributed by atoms with Crippen molar-refractivity contribution in [1.82, 2.24) is 5.06 Å². The molecule has 2 aromatic rings. The number of ether oxygens (including phenoxy) is 1. The molecule has 0 amide bonds. The van der Waals surface area contributed by atoms with Crippen LogP contribution in [0.25, 0.3) is 10.8 Å². The molecule has 108 valence electrons. The molecule has 0 aromatic heterocycles. The second-order valence-electron chi connectivity index (χ2n) is 5.21. The molecule has 0 aliphatic rings. The van der Waals surface area contributed by atoms with Crippen molar-refractivity contribution in [1.29, 1.82) is 0 Å². The summed E-state index contributed by atoms with van der Waals surface area (Å²) in [6, 6.07) is 12.4. The maximum Gasteiger partial charge on any atom is 0.119 e. The molecular formula is C17H23NO2. The summed E-state index contributed by atoms with van der Waals surface area (Å²) in [7, 11) is 1.65. The molecule has 0 fully saturated rings. The highest BCUT2D eigenvalue weighted by molar-refractivity contribution is 5.84. The first-order chi connectivity index (χ1) is 9.69. The highest BCUT2D eigenvalue weighted by atomic mass is 16.5. The van der Waals surface area contributed by atoms with Crippen LogP contribution < -0.4 is 4.74 Å². The zero-order chi connectivity index (χ0) is 14.4. The minimum atomic E-state index is 0.525. The lowest BCUT2D eigenvalue weighted by Crippen LogP contribution is -2.11. The fourth-order valence-corrected chi connectivity index (χ4v) is 2.27. The van der Waals surface area contributed by atoms with Crippen LogP contribution in [0, 0.1) is 0 Å². The Kier molecular flexibility index (Phi) is 5.39. The standard InChI is InChI=1S/C17H23NO2/c1-3-4-5-10-20-17-9-8-15-7-6-14(13-18(2)19)11-16(15)12-17/h6-9,11-12,19H,3-5,10,13H2,1-2H3. The molecular weight excluding hydrogens is 250 g/mol. The van der Waals surface area contributed by atoms with E-state index >= 15 is 0 Å². The minimum absolute atomic E-state index is 0.525. The van der Waals surface area contributed by atoms with Crippen molar-refractivity contribution in [3.05, 3.63) is 42.0 Å². The first-order valence-corrected chi connectivity index (χ1v) is 7.24. The Labute approximate surface area is 120 Å². The second kappa shape index (κ2) is 7.27.